The Morgan fingerprint density at radius 2 is 2.33 bits per heavy atom. The van der Waals surface area contributed by atoms with Crippen molar-refractivity contribution < 1.29 is 10.0 Å². The van der Waals surface area contributed by atoms with Gasteiger partial charge in [-0.15, -0.1) is 0 Å². The predicted molar refractivity (Wildman–Crippen MR) is 34.6 cm³/mol. The molecule has 0 aliphatic carbocycles. The van der Waals surface area contributed by atoms with E-state index < -0.39 is 7.12 Å². The molecule has 1 rings (SSSR count). The number of nitrogens with zero attached hydrogens (tertiary/aromatic N) is 1. The van der Waals surface area contributed by atoms with Crippen LogP contribution in [-0.2, 0) is 0 Å². The van der Waals surface area contributed by atoms with Crippen molar-refractivity contribution in [1.82, 2.24) is 10.4 Å². The fraction of sp³-hybridized carbons (Fsp3) is 1.00. The summed E-state index contributed by atoms with van der Waals surface area (Å²) in [5.41, 5.74) is 2.96. The second-order valence-corrected chi connectivity index (χ2v) is 2.42. The molecule has 0 spiro atoms. The highest BCUT2D eigenvalue weighted by Gasteiger charge is 2.29. The Hall–Kier alpha value is -0.0951. The molecule has 0 radical (unpaired) electrons. The van der Waals surface area contributed by atoms with Crippen LogP contribution in [0.15, 0.2) is 0 Å². The maximum absolute atomic E-state index is 8.66. The maximum Gasteiger partial charge on any atom is 0.457 e. The second kappa shape index (κ2) is 2.66. The fourth-order valence-corrected chi connectivity index (χ4v) is 0.954. The molecule has 1 unspecified atom stereocenters. The number of rotatable bonds is 1. The lowest BCUT2D eigenvalue weighted by molar-refractivity contribution is 0.312. The van der Waals surface area contributed by atoms with E-state index in [-0.39, 0.29) is 5.82 Å². The van der Waals surface area contributed by atoms with Gasteiger partial charge in [0.1, 0.15) is 0 Å². The maximum atomic E-state index is 8.66. The molecule has 0 bridgehead atoms. The zero-order valence-corrected chi connectivity index (χ0v) is 5.41. The normalized spacial score (nSPS) is 29.0. The van der Waals surface area contributed by atoms with Crippen molar-refractivity contribution in [3.63, 3.8) is 0 Å². The number of hydrazine groups is 1. The van der Waals surface area contributed by atoms with Crippen molar-refractivity contribution in [2.75, 3.05) is 20.1 Å². The standard InChI is InChI=1S/C4H11BN2O2/c1-7-3-4(2-6-7)5(8)9/h4,6,8-9H,2-3H2,1H3. The van der Waals surface area contributed by atoms with Gasteiger partial charge in [-0.05, 0) is 0 Å². The summed E-state index contributed by atoms with van der Waals surface area (Å²) < 4.78 is 0. The summed E-state index contributed by atoms with van der Waals surface area (Å²) in [6, 6.07) is 0. The molecule has 0 amide bonds. The Morgan fingerprint density at radius 3 is 2.56 bits per heavy atom. The molecule has 1 heterocycles. The van der Waals surface area contributed by atoms with Gasteiger partial charge >= 0.3 is 7.12 Å². The molecule has 1 saturated heterocycles. The predicted octanol–water partition coefficient (Wildman–Crippen LogP) is -1.72. The number of hydrogen-bond donors (Lipinski definition) is 3. The van der Waals surface area contributed by atoms with Gasteiger partial charge in [-0.2, -0.15) is 0 Å². The average Bonchev–Trinajstić information content (AvgIpc) is 2.14. The smallest absolute Gasteiger partial charge is 0.427 e. The lowest BCUT2D eigenvalue weighted by Crippen LogP contribution is -2.25. The first-order valence-electron chi connectivity index (χ1n) is 3.01. The van der Waals surface area contributed by atoms with Crippen LogP contribution in [-0.4, -0.2) is 42.3 Å². The van der Waals surface area contributed by atoms with Crippen molar-refractivity contribution in [3.05, 3.63) is 0 Å². The van der Waals surface area contributed by atoms with E-state index >= 15 is 0 Å². The lowest BCUT2D eigenvalue weighted by atomic mass is 9.73. The first kappa shape index (κ1) is 7.02. The summed E-state index contributed by atoms with van der Waals surface area (Å²) in [7, 11) is 0.699. The van der Waals surface area contributed by atoms with Crippen molar-refractivity contribution in [1.29, 1.82) is 0 Å². The van der Waals surface area contributed by atoms with E-state index in [1.165, 1.54) is 0 Å². The highest BCUT2D eigenvalue weighted by molar-refractivity contribution is 6.43. The fourth-order valence-electron chi connectivity index (χ4n) is 0.954. The van der Waals surface area contributed by atoms with Crippen molar-refractivity contribution in [2.24, 2.45) is 0 Å². The largest absolute Gasteiger partial charge is 0.457 e. The Balaban J connectivity index is 2.30. The van der Waals surface area contributed by atoms with Crippen LogP contribution in [0.5, 0.6) is 0 Å². The van der Waals surface area contributed by atoms with Crippen LogP contribution >= 0.6 is 0 Å². The van der Waals surface area contributed by atoms with Crippen LogP contribution in [0.4, 0.5) is 0 Å². The van der Waals surface area contributed by atoms with E-state index in [1.54, 1.807) is 0 Å². The molecule has 4 nitrogen and oxygen atoms in total. The van der Waals surface area contributed by atoms with Crippen LogP contribution in [0.2, 0.25) is 5.82 Å². The Kier molecular flexibility index (Phi) is 2.07. The monoisotopic (exact) mass is 130 g/mol. The molecule has 0 aromatic rings. The van der Waals surface area contributed by atoms with E-state index in [0.717, 1.165) is 0 Å². The topological polar surface area (TPSA) is 55.7 Å². The van der Waals surface area contributed by atoms with Gasteiger partial charge in [0.15, 0.2) is 0 Å². The molecular weight excluding hydrogens is 119 g/mol. The summed E-state index contributed by atoms with van der Waals surface area (Å²) in [6.07, 6.45) is 0. The SMILES string of the molecule is CN1CC(B(O)O)CN1. The molecule has 0 aromatic carbocycles. The van der Waals surface area contributed by atoms with Gasteiger partial charge < -0.3 is 10.0 Å². The third kappa shape index (κ3) is 1.66. The highest BCUT2D eigenvalue weighted by atomic mass is 16.4. The van der Waals surface area contributed by atoms with Crippen LogP contribution in [0.25, 0.3) is 0 Å². The van der Waals surface area contributed by atoms with Crippen molar-refractivity contribution >= 4 is 7.12 Å². The average molecular weight is 130 g/mol. The molecule has 9 heavy (non-hydrogen) atoms. The summed E-state index contributed by atoms with van der Waals surface area (Å²) >= 11 is 0. The van der Waals surface area contributed by atoms with Gasteiger partial charge in [-0.3, -0.25) is 5.43 Å². The van der Waals surface area contributed by atoms with Gasteiger partial charge in [-0.25, -0.2) is 5.01 Å². The molecule has 0 aromatic heterocycles. The van der Waals surface area contributed by atoms with Crippen LogP contribution in [0.3, 0.4) is 0 Å². The minimum atomic E-state index is -1.18. The highest BCUT2D eigenvalue weighted by Crippen LogP contribution is 2.11. The van der Waals surface area contributed by atoms with E-state index in [4.69, 9.17) is 10.0 Å². The minimum absolute atomic E-state index is 0.0324. The summed E-state index contributed by atoms with van der Waals surface area (Å²) in [4.78, 5) is 0. The molecule has 0 saturated carbocycles. The van der Waals surface area contributed by atoms with E-state index in [2.05, 4.69) is 5.43 Å². The van der Waals surface area contributed by atoms with Gasteiger partial charge in [0.05, 0.1) is 0 Å². The van der Waals surface area contributed by atoms with Crippen LogP contribution < -0.4 is 5.43 Å². The lowest BCUT2D eigenvalue weighted by Gasteiger charge is -2.06. The van der Waals surface area contributed by atoms with Gasteiger partial charge in [0.25, 0.3) is 0 Å². The van der Waals surface area contributed by atoms with E-state index in [9.17, 15) is 0 Å². The molecule has 1 fully saturated rings. The van der Waals surface area contributed by atoms with Crippen LogP contribution in [0.1, 0.15) is 0 Å². The second-order valence-electron chi connectivity index (χ2n) is 2.42. The van der Waals surface area contributed by atoms with Gasteiger partial charge in [-0.1, -0.05) is 0 Å². The third-order valence-corrected chi connectivity index (χ3v) is 1.55. The van der Waals surface area contributed by atoms with Gasteiger partial charge in [0.2, 0.25) is 0 Å². The zero-order chi connectivity index (χ0) is 6.85. The zero-order valence-electron chi connectivity index (χ0n) is 5.41. The number of hydrogen-bond acceptors (Lipinski definition) is 4. The molecule has 1 aliphatic heterocycles. The summed E-state index contributed by atoms with van der Waals surface area (Å²) in [5.74, 6) is -0.0324. The molecule has 1 atom stereocenters. The van der Waals surface area contributed by atoms with E-state index in [0.29, 0.717) is 13.1 Å². The Labute approximate surface area is 54.6 Å². The summed E-state index contributed by atoms with van der Waals surface area (Å²) in [5, 5.41) is 19.2. The molecule has 52 valence electrons. The quantitative estimate of drug-likeness (QED) is 0.369. The molecule has 3 N–H and O–H groups in total. The van der Waals surface area contributed by atoms with Gasteiger partial charge in [0, 0.05) is 26.0 Å². The summed E-state index contributed by atoms with van der Waals surface area (Å²) in [6.45, 7) is 1.37. The first-order valence-corrected chi connectivity index (χ1v) is 3.01. The molecule has 1 aliphatic rings. The Bertz CT molecular complexity index is 101. The Morgan fingerprint density at radius 1 is 1.67 bits per heavy atom. The number of nitrogens with one attached hydrogen (secondary N) is 1. The molecule has 5 heteroatoms. The molecular formula is C4H11BN2O2. The van der Waals surface area contributed by atoms with Crippen LogP contribution in [0, 0.1) is 0 Å². The van der Waals surface area contributed by atoms with E-state index in [1.807, 2.05) is 12.1 Å². The third-order valence-electron chi connectivity index (χ3n) is 1.55. The minimum Gasteiger partial charge on any atom is -0.427 e. The van der Waals surface area contributed by atoms with Crippen molar-refractivity contribution in [3.8, 4) is 0 Å². The first-order chi connectivity index (χ1) is 4.20. The van der Waals surface area contributed by atoms with Crippen molar-refractivity contribution in [2.45, 2.75) is 5.82 Å².